The minimum absolute atomic E-state index is 0.00575. The van der Waals surface area contributed by atoms with E-state index in [1.807, 2.05) is 25.1 Å². The van der Waals surface area contributed by atoms with E-state index in [0.717, 1.165) is 0 Å². The molecule has 0 bridgehead atoms. The maximum Gasteiger partial charge on any atom is 0.227 e. The fraction of sp³-hybridized carbons (Fsp3) is 0.467. The third-order valence-corrected chi connectivity index (χ3v) is 3.32. The summed E-state index contributed by atoms with van der Waals surface area (Å²) in [4.78, 5) is 20.2. The molecule has 2 rings (SSSR count). The summed E-state index contributed by atoms with van der Waals surface area (Å²) in [6.45, 7) is 6.14. The van der Waals surface area contributed by atoms with Gasteiger partial charge in [-0.15, -0.1) is 0 Å². The smallest absolute Gasteiger partial charge is 0.227 e. The van der Waals surface area contributed by atoms with Gasteiger partial charge in [0.05, 0.1) is 0 Å². The maximum absolute atomic E-state index is 11.8. The van der Waals surface area contributed by atoms with Crippen LogP contribution in [-0.4, -0.2) is 27.1 Å². The lowest BCUT2D eigenvalue weighted by Gasteiger charge is -2.16. The highest BCUT2D eigenvalue weighted by Crippen LogP contribution is 2.12. The number of carbonyl (C=O) groups is 1. The Balaban J connectivity index is 1.87. The highest BCUT2D eigenvalue weighted by Gasteiger charge is 2.13. The number of hydrogen-bond acceptors (Lipinski definition) is 5. The predicted octanol–water partition coefficient (Wildman–Crippen LogP) is 2.22. The number of nitrogens with one attached hydrogen (secondary N) is 1. The van der Waals surface area contributed by atoms with Crippen molar-refractivity contribution in [1.82, 2.24) is 20.4 Å². The molecule has 0 radical (unpaired) electrons. The molecule has 1 unspecified atom stereocenters. The van der Waals surface area contributed by atoms with Gasteiger partial charge in [0.1, 0.15) is 5.69 Å². The molecular formula is C15H20N4O2. The van der Waals surface area contributed by atoms with Crippen LogP contribution >= 0.6 is 0 Å². The second-order valence-corrected chi connectivity index (χ2v) is 5.33. The van der Waals surface area contributed by atoms with Crippen LogP contribution < -0.4 is 5.32 Å². The molecule has 0 aromatic carbocycles. The lowest BCUT2D eigenvalue weighted by molar-refractivity contribution is -0.122. The fourth-order valence-electron chi connectivity index (χ4n) is 1.67. The minimum Gasteiger partial charge on any atom is -0.353 e. The minimum atomic E-state index is -0.00575. The molecule has 21 heavy (non-hydrogen) atoms. The van der Waals surface area contributed by atoms with E-state index in [1.54, 1.807) is 6.20 Å². The van der Waals surface area contributed by atoms with E-state index in [9.17, 15) is 4.79 Å². The van der Waals surface area contributed by atoms with Crippen molar-refractivity contribution in [1.29, 1.82) is 0 Å². The first-order valence-electron chi connectivity index (χ1n) is 7.09. The molecular weight excluding hydrogens is 268 g/mol. The molecule has 1 atom stereocenters. The second-order valence-electron chi connectivity index (χ2n) is 5.33. The molecule has 0 saturated carbocycles. The van der Waals surface area contributed by atoms with E-state index in [0.29, 0.717) is 36.2 Å². The largest absolute Gasteiger partial charge is 0.353 e. The number of rotatable bonds is 6. The zero-order valence-electron chi connectivity index (χ0n) is 12.5. The van der Waals surface area contributed by atoms with Crippen molar-refractivity contribution in [2.45, 2.75) is 39.7 Å². The van der Waals surface area contributed by atoms with E-state index >= 15 is 0 Å². The SMILES string of the molecule is CC(C)C(C)NC(=O)CCc1nc(-c2ccccn2)no1. The topological polar surface area (TPSA) is 80.9 Å². The first kappa shape index (κ1) is 15.2. The Bertz CT molecular complexity index is 580. The van der Waals surface area contributed by atoms with Gasteiger partial charge in [-0.2, -0.15) is 4.98 Å². The second kappa shape index (κ2) is 6.97. The molecule has 0 spiro atoms. The van der Waals surface area contributed by atoms with Crippen molar-refractivity contribution in [3.63, 3.8) is 0 Å². The zero-order chi connectivity index (χ0) is 15.2. The summed E-state index contributed by atoms with van der Waals surface area (Å²) in [7, 11) is 0. The summed E-state index contributed by atoms with van der Waals surface area (Å²) >= 11 is 0. The third-order valence-electron chi connectivity index (χ3n) is 3.32. The molecule has 2 aromatic rings. The van der Waals surface area contributed by atoms with E-state index in [1.165, 1.54) is 0 Å². The number of aromatic nitrogens is 3. The van der Waals surface area contributed by atoms with Gasteiger partial charge in [-0.05, 0) is 25.0 Å². The number of pyridine rings is 1. The quantitative estimate of drug-likeness (QED) is 0.881. The van der Waals surface area contributed by atoms with E-state index in [-0.39, 0.29) is 11.9 Å². The number of hydrogen-bond donors (Lipinski definition) is 1. The highest BCUT2D eigenvalue weighted by molar-refractivity contribution is 5.76. The van der Waals surface area contributed by atoms with Crippen LogP contribution in [0.3, 0.4) is 0 Å². The van der Waals surface area contributed by atoms with Crippen LogP contribution in [0, 0.1) is 5.92 Å². The van der Waals surface area contributed by atoms with Crippen LogP contribution in [0.25, 0.3) is 11.5 Å². The van der Waals surface area contributed by atoms with E-state index < -0.39 is 0 Å². The van der Waals surface area contributed by atoms with Gasteiger partial charge in [0.2, 0.25) is 17.6 Å². The van der Waals surface area contributed by atoms with Crippen molar-refractivity contribution < 1.29 is 9.32 Å². The molecule has 0 aliphatic rings. The maximum atomic E-state index is 11.8. The molecule has 0 aliphatic heterocycles. The number of nitrogens with zero attached hydrogens (tertiary/aromatic N) is 3. The van der Waals surface area contributed by atoms with Gasteiger partial charge >= 0.3 is 0 Å². The fourth-order valence-corrected chi connectivity index (χ4v) is 1.67. The van der Waals surface area contributed by atoms with Crippen molar-refractivity contribution >= 4 is 5.91 Å². The molecule has 1 amide bonds. The Hall–Kier alpha value is -2.24. The van der Waals surface area contributed by atoms with Crippen LogP contribution in [0.4, 0.5) is 0 Å². The van der Waals surface area contributed by atoms with Crippen LogP contribution in [0.1, 0.15) is 33.1 Å². The molecule has 1 N–H and O–H groups in total. The zero-order valence-corrected chi connectivity index (χ0v) is 12.5. The molecule has 0 aliphatic carbocycles. The lowest BCUT2D eigenvalue weighted by Crippen LogP contribution is -2.36. The summed E-state index contributed by atoms with van der Waals surface area (Å²) in [6, 6.07) is 5.65. The van der Waals surface area contributed by atoms with Gasteiger partial charge in [-0.1, -0.05) is 25.1 Å². The summed E-state index contributed by atoms with van der Waals surface area (Å²) in [5.74, 6) is 1.30. The molecule has 2 aromatic heterocycles. The first-order chi connectivity index (χ1) is 10.1. The van der Waals surface area contributed by atoms with Gasteiger partial charge in [0.25, 0.3) is 0 Å². The van der Waals surface area contributed by atoms with Gasteiger partial charge in [-0.3, -0.25) is 9.78 Å². The van der Waals surface area contributed by atoms with Crippen molar-refractivity contribution in [3.8, 4) is 11.5 Å². The third kappa shape index (κ3) is 4.37. The molecule has 0 fully saturated rings. The number of aryl methyl sites for hydroxylation is 1. The normalized spacial score (nSPS) is 12.4. The summed E-state index contributed by atoms with van der Waals surface area (Å²) in [5.41, 5.74) is 0.658. The Morgan fingerprint density at radius 3 is 2.81 bits per heavy atom. The molecule has 6 heteroatoms. The van der Waals surface area contributed by atoms with Gasteiger partial charge < -0.3 is 9.84 Å². The lowest BCUT2D eigenvalue weighted by atomic mass is 10.1. The van der Waals surface area contributed by atoms with Crippen LogP contribution in [-0.2, 0) is 11.2 Å². The van der Waals surface area contributed by atoms with Crippen molar-refractivity contribution in [2.24, 2.45) is 5.92 Å². The van der Waals surface area contributed by atoms with E-state index in [2.05, 4.69) is 34.3 Å². The Morgan fingerprint density at radius 2 is 2.14 bits per heavy atom. The van der Waals surface area contributed by atoms with Gasteiger partial charge in [-0.25, -0.2) is 0 Å². The highest BCUT2D eigenvalue weighted by atomic mass is 16.5. The van der Waals surface area contributed by atoms with Crippen molar-refractivity contribution in [3.05, 3.63) is 30.3 Å². The monoisotopic (exact) mass is 288 g/mol. The van der Waals surface area contributed by atoms with Crippen LogP contribution in [0.15, 0.2) is 28.9 Å². The Kier molecular flexibility index (Phi) is 5.03. The summed E-state index contributed by atoms with van der Waals surface area (Å²) < 4.78 is 5.14. The number of amides is 1. The molecule has 2 heterocycles. The molecule has 6 nitrogen and oxygen atoms in total. The summed E-state index contributed by atoms with van der Waals surface area (Å²) in [6.07, 6.45) is 2.43. The summed E-state index contributed by atoms with van der Waals surface area (Å²) in [5, 5.41) is 6.82. The van der Waals surface area contributed by atoms with Gasteiger partial charge in [0, 0.05) is 25.1 Å². The number of carbonyl (C=O) groups excluding carboxylic acids is 1. The standard InChI is InChI=1S/C15H20N4O2/c1-10(2)11(3)17-13(20)7-8-14-18-15(19-21-14)12-6-4-5-9-16-12/h4-6,9-11H,7-8H2,1-3H3,(H,17,20). The first-order valence-corrected chi connectivity index (χ1v) is 7.09. The van der Waals surface area contributed by atoms with Crippen molar-refractivity contribution in [2.75, 3.05) is 0 Å². The Labute approximate surface area is 124 Å². The predicted molar refractivity (Wildman–Crippen MR) is 78.3 cm³/mol. The Morgan fingerprint density at radius 1 is 1.33 bits per heavy atom. The van der Waals surface area contributed by atoms with Crippen LogP contribution in [0.5, 0.6) is 0 Å². The molecule has 0 saturated heterocycles. The average molecular weight is 288 g/mol. The average Bonchev–Trinajstić information content (AvgIpc) is 2.95. The van der Waals surface area contributed by atoms with Gasteiger partial charge in [0.15, 0.2) is 0 Å². The van der Waals surface area contributed by atoms with Crippen LogP contribution in [0.2, 0.25) is 0 Å². The van der Waals surface area contributed by atoms with E-state index in [4.69, 9.17) is 4.52 Å². The molecule has 112 valence electrons.